The number of amides is 1. The van der Waals surface area contributed by atoms with Crippen LogP contribution in [-0.2, 0) is 0 Å². The van der Waals surface area contributed by atoms with Gasteiger partial charge in [-0.05, 0) is 18.2 Å². The molecule has 0 heterocycles. The van der Waals surface area contributed by atoms with Crippen LogP contribution in [0.15, 0.2) is 24.3 Å². The number of anilines is 1. The van der Waals surface area contributed by atoms with E-state index in [2.05, 4.69) is 0 Å². The van der Waals surface area contributed by atoms with E-state index in [0.717, 1.165) is 18.2 Å². The first-order chi connectivity index (χ1) is 10.7. The molecule has 1 amide bonds. The fourth-order valence-corrected chi connectivity index (χ4v) is 1.84. The third kappa shape index (κ3) is 3.24. The summed E-state index contributed by atoms with van der Waals surface area (Å²) in [5, 5.41) is 12.3. The summed E-state index contributed by atoms with van der Waals surface area (Å²) in [6.07, 6.45) is 0. The van der Waals surface area contributed by atoms with E-state index in [-0.39, 0.29) is 16.8 Å². The average Bonchev–Trinajstić information content (AvgIpc) is 2.48. The molecule has 0 fully saturated rings. The van der Waals surface area contributed by atoms with Crippen LogP contribution in [0.5, 0.6) is 0 Å². The van der Waals surface area contributed by atoms with Crippen molar-refractivity contribution in [3.8, 4) is 0 Å². The van der Waals surface area contributed by atoms with Gasteiger partial charge < -0.3 is 5.32 Å². The van der Waals surface area contributed by atoms with E-state index in [0.29, 0.717) is 0 Å². The summed E-state index contributed by atoms with van der Waals surface area (Å²) in [6.45, 7) is 0. The Balaban J connectivity index is 2.42. The zero-order valence-corrected chi connectivity index (χ0v) is 11.6. The Labute approximate surface area is 130 Å². The first-order valence-corrected chi connectivity index (χ1v) is 6.18. The highest BCUT2D eigenvalue weighted by Gasteiger charge is 2.28. The van der Waals surface area contributed by atoms with Gasteiger partial charge in [0.2, 0.25) is 11.6 Å². The Morgan fingerprint density at radius 1 is 1.09 bits per heavy atom. The number of carbonyl (C=O) groups excluding carboxylic acids is 1. The van der Waals surface area contributed by atoms with Crippen molar-refractivity contribution in [3.63, 3.8) is 0 Å². The molecule has 0 bridgehead atoms. The number of halogens is 5. The fourth-order valence-electron chi connectivity index (χ4n) is 1.66. The van der Waals surface area contributed by atoms with Gasteiger partial charge in [-0.3, -0.25) is 14.9 Å². The summed E-state index contributed by atoms with van der Waals surface area (Å²) in [5.74, 6) is -8.14. The molecule has 0 saturated heterocycles. The maximum Gasteiger partial charge on any atom is 0.308 e. The highest BCUT2D eigenvalue weighted by atomic mass is 35.5. The van der Waals surface area contributed by atoms with E-state index < -0.39 is 45.4 Å². The number of benzene rings is 2. The summed E-state index contributed by atoms with van der Waals surface area (Å²) in [7, 11) is 0. The van der Waals surface area contributed by atoms with Crippen LogP contribution in [0.4, 0.5) is 28.9 Å². The van der Waals surface area contributed by atoms with Gasteiger partial charge >= 0.3 is 5.69 Å². The van der Waals surface area contributed by atoms with Crippen molar-refractivity contribution in [2.45, 2.75) is 0 Å². The highest BCUT2D eigenvalue weighted by Crippen LogP contribution is 2.26. The van der Waals surface area contributed by atoms with E-state index in [9.17, 15) is 32.5 Å². The number of nitrogens with one attached hydrogen (secondary N) is 1. The molecule has 23 heavy (non-hydrogen) atoms. The molecule has 0 saturated carbocycles. The molecule has 0 atom stereocenters. The van der Waals surface area contributed by atoms with Crippen LogP contribution >= 0.6 is 11.6 Å². The SMILES string of the molecule is O=C(Nc1ccc(F)c(Cl)c1)c1cc([N+](=O)[O-])c(F)c(F)c1F. The second-order valence-corrected chi connectivity index (χ2v) is 4.63. The van der Waals surface area contributed by atoms with Crippen molar-refractivity contribution in [3.05, 3.63) is 68.2 Å². The van der Waals surface area contributed by atoms with Crippen molar-refractivity contribution < 1.29 is 27.3 Å². The third-order valence-corrected chi connectivity index (χ3v) is 3.04. The van der Waals surface area contributed by atoms with Crippen LogP contribution in [0.1, 0.15) is 10.4 Å². The maximum absolute atomic E-state index is 13.6. The number of nitro benzene ring substituents is 1. The van der Waals surface area contributed by atoms with Crippen LogP contribution in [0.25, 0.3) is 0 Å². The number of hydrogen-bond acceptors (Lipinski definition) is 3. The third-order valence-electron chi connectivity index (χ3n) is 2.75. The summed E-state index contributed by atoms with van der Waals surface area (Å²) >= 11 is 5.49. The lowest BCUT2D eigenvalue weighted by atomic mass is 10.1. The van der Waals surface area contributed by atoms with Gasteiger partial charge in [-0.15, -0.1) is 0 Å². The van der Waals surface area contributed by atoms with E-state index >= 15 is 0 Å². The normalized spacial score (nSPS) is 10.5. The van der Waals surface area contributed by atoms with Gasteiger partial charge in [0.05, 0.1) is 15.5 Å². The molecule has 0 radical (unpaired) electrons. The van der Waals surface area contributed by atoms with Crippen molar-refractivity contribution in [2.75, 3.05) is 5.32 Å². The van der Waals surface area contributed by atoms with Gasteiger partial charge in [-0.25, -0.2) is 13.2 Å². The molecule has 10 heteroatoms. The molecule has 5 nitrogen and oxygen atoms in total. The lowest BCUT2D eigenvalue weighted by Crippen LogP contribution is -2.16. The van der Waals surface area contributed by atoms with Crippen molar-refractivity contribution in [1.29, 1.82) is 0 Å². The minimum absolute atomic E-state index is 0.0758. The Kier molecular flexibility index (Phi) is 4.50. The number of rotatable bonds is 3. The van der Waals surface area contributed by atoms with Crippen LogP contribution in [0, 0.1) is 33.4 Å². The molecule has 2 aromatic rings. The smallest absolute Gasteiger partial charge is 0.308 e. The number of hydrogen-bond donors (Lipinski definition) is 1. The number of nitrogens with zero attached hydrogens (tertiary/aromatic N) is 1. The molecule has 0 unspecified atom stereocenters. The molecular formula is C13H5ClF4N2O3. The molecular weight excluding hydrogens is 344 g/mol. The maximum atomic E-state index is 13.6. The van der Waals surface area contributed by atoms with Crippen LogP contribution in [-0.4, -0.2) is 10.8 Å². The van der Waals surface area contributed by atoms with Crippen LogP contribution in [0.2, 0.25) is 5.02 Å². The minimum atomic E-state index is -2.15. The van der Waals surface area contributed by atoms with E-state index in [4.69, 9.17) is 11.6 Å². The molecule has 2 aromatic carbocycles. The molecule has 0 aliphatic carbocycles. The average molecular weight is 349 g/mol. The van der Waals surface area contributed by atoms with Crippen LogP contribution in [0.3, 0.4) is 0 Å². The largest absolute Gasteiger partial charge is 0.322 e. The molecule has 1 N–H and O–H groups in total. The minimum Gasteiger partial charge on any atom is -0.322 e. The van der Waals surface area contributed by atoms with Gasteiger partial charge in [0, 0.05) is 11.8 Å². The second kappa shape index (κ2) is 6.21. The Morgan fingerprint density at radius 2 is 1.74 bits per heavy atom. The lowest BCUT2D eigenvalue weighted by Gasteiger charge is -2.08. The lowest BCUT2D eigenvalue weighted by molar-refractivity contribution is -0.387. The molecule has 120 valence electrons. The quantitative estimate of drug-likeness (QED) is 0.393. The summed E-state index contributed by atoms with van der Waals surface area (Å²) in [5.41, 5.74) is -2.56. The Hall–Kier alpha value is -2.68. The molecule has 0 aromatic heterocycles. The standard InChI is InChI=1S/C13H5ClF4N2O3/c14-7-3-5(1-2-8(7)15)19-13(21)6-4-9(20(22)23)11(17)12(18)10(6)16/h1-4H,(H,19,21). The zero-order valence-electron chi connectivity index (χ0n) is 10.9. The van der Waals surface area contributed by atoms with Crippen molar-refractivity contribution in [1.82, 2.24) is 0 Å². The molecule has 0 aliphatic rings. The van der Waals surface area contributed by atoms with Gasteiger partial charge in [-0.1, -0.05) is 11.6 Å². The predicted octanol–water partition coefficient (Wildman–Crippen LogP) is 4.06. The van der Waals surface area contributed by atoms with Gasteiger partial charge in [0.15, 0.2) is 5.82 Å². The summed E-state index contributed by atoms with van der Waals surface area (Å²) < 4.78 is 53.2. The topological polar surface area (TPSA) is 72.2 Å². The Bertz CT molecular complexity index is 829. The number of carbonyl (C=O) groups is 1. The van der Waals surface area contributed by atoms with Gasteiger partial charge in [0.25, 0.3) is 5.91 Å². The molecule has 0 aliphatic heterocycles. The second-order valence-electron chi connectivity index (χ2n) is 4.23. The zero-order chi connectivity index (χ0) is 17.3. The molecule has 0 spiro atoms. The fraction of sp³-hybridized carbons (Fsp3) is 0. The van der Waals surface area contributed by atoms with E-state index in [1.807, 2.05) is 5.32 Å². The highest BCUT2D eigenvalue weighted by molar-refractivity contribution is 6.31. The first kappa shape index (κ1) is 16.7. The predicted molar refractivity (Wildman–Crippen MR) is 72.3 cm³/mol. The Morgan fingerprint density at radius 3 is 2.30 bits per heavy atom. The van der Waals surface area contributed by atoms with Crippen molar-refractivity contribution in [2.24, 2.45) is 0 Å². The molecule has 2 rings (SSSR count). The van der Waals surface area contributed by atoms with Crippen LogP contribution < -0.4 is 5.32 Å². The van der Waals surface area contributed by atoms with Gasteiger partial charge in [0.1, 0.15) is 5.82 Å². The monoisotopic (exact) mass is 348 g/mol. The van der Waals surface area contributed by atoms with E-state index in [1.165, 1.54) is 0 Å². The summed E-state index contributed by atoms with van der Waals surface area (Å²) in [6, 6.07) is 3.22. The van der Waals surface area contributed by atoms with Crippen molar-refractivity contribution >= 4 is 28.9 Å². The first-order valence-electron chi connectivity index (χ1n) is 5.80. The number of nitro groups is 1. The van der Waals surface area contributed by atoms with Gasteiger partial charge in [-0.2, -0.15) is 4.39 Å². The van der Waals surface area contributed by atoms with E-state index in [1.54, 1.807) is 0 Å². The summed E-state index contributed by atoms with van der Waals surface area (Å²) in [4.78, 5) is 21.2.